The van der Waals surface area contributed by atoms with Gasteiger partial charge in [0.2, 0.25) is 0 Å². The number of carboxylic acids is 1. The lowest BCUT2D eigenvalue weighted by Gasteiger charge is -2.35. The second kappa shape index (κ2) is 11.7. The maximum Gasteiger partial charge on any atom is 0.335 e. The molecule has 208 valence electrons. The summed E-state index contributed by atoms with van der Waals surface area (Å²) in [4.78, 5) is 17.1. The first kappa shape index (κ1) is 27.0. The number of likely N-dealkylation sites (tertiary alicyclic amines) is 1. The van der Waals surface area contributed by atoms with Crippen molar-refractivity contribution in [2.45, 2.75) is 63.8 Å². The first-order valence-electron chi connectivity index (χ1n) is 14.8. The molecule has 1 N–H and O–H groups in total. The Morgan fingerprint density at radius 1 is 0.949 bits per heavy atom. The van der Waals surface area contributed by atoms with Crippen LogP contribution in [0.15, 0.2) is 36.4 Å². The summed E-state index contributed by atoms with van der Waals surface area (Å²) < 4.78 is 2.41. The summed E-state index contributed by atoms with van der Waals surface area (Å²) in [6.45, 7) is 5.95. The van der Waals surface area contributed by atoms with E-state index in [1.54, 1.807) is 6.07 Å². The highest BCUT2D eigenvalue weighted by atomic mass is 35.5. The fraction of sp³-hybridized carbons (Fsp3) is 0.531. The predicted octanol–water partition coefficient (Wildman–Crippen LogP) is 7.87. The number of aromatic carboxylic acids is 1. The highest BCUT2D eigenvalue weighted by Gasteiger charge is 2.31. The lowest BCUT2D eigenvalue weighted by atomic mass is 9.81. The van der Waals surface area contributed by atoms with Crippen LogP contribution in [-0.2, 0) is 6.54 Å². The number of carboxylic acid groups (broad SMARTS) is 1. The Hall–Kier alpha value is -2.21. The molecule has 2 fully saturated rings. The average molecular weight is 569 g/mol. The zero-order valence-corrected chi connectivity index (χ0v) is 24.2. The minimum atomic E-state index is -0.872. The van der Waals surface area contributed by atoms with Gasteiger partial charge in [-0.2, -0.15) is 0 Å². The van der Waals surface area contributed by atoms with E-state index in [1.165, 1.54) is 72.8 Å². The molecule has 0 radical (unpaired) electrons. The number of rotatable bonds is 7. The lowest BCUT2D eigenvalue weighted by Crippen LogP contribution is -2.41. The molecule has 3 aromatic rings. The van der Waals surface area contributed by atoms with Crippen LogP contribution in [0.5, 0.6) is 0 Å². The molecule has 3 aliphatic rings. The molecule has 39 heavy (non-hydrogen) atoms. The average Bonchev–Trinajstić information content (AvgIpc) is 3.18. The Kier molecular flexibility index (Phi) is 8.11. The molecule has 2 aliphatic heterocycles. The Morgan fingerprint density at radius 2 is 1.79 bits per heavy atom. The normalized spacial score (nSPS) is 20.6. The van der Waals surface area contributed by atoms with Crippen LogP contribution >= 0.6 is 23.2 Å². The molecule has 6 rings (SSSR count). The molecule has 1 atom stereocenters. The fourth-order valence-corrected chi connectivity index (χ4v) is 7.86. The summed E-state index contributed by atoms with van der Waals surface area (Å²) in [5.41, 5.74) is 6.51. The van der Waals surface area contributed by atoms with Crippen LogP contribution in [0.2, 0.25) is 5.02 Å². The van der Waals surface area contributed by atoms with Gasteiger partial charge in [-0.05, 0) is 86.4 Å². The molecule has 1 saturated heterocycles. The fourth-order valence-electron chi connectivity index (χ4n) is 7.38. The van der Waals surface area contributed by atoms with E-state index in [2.05, 4.69) is 32.6 Å². The monoisotopic (exact) mass is 567 g/mol. The maximum absolute atomic E-state index is 11.9. The Bertz CT molecular complexity index is 1340. The molecular formula is C32H39Cl2N3O2. The second-order valence-electron chi connectivity index (χ2n) is 11.7. The van der Waals surface area contributed by atoms with E-state index in [0.29, 0.717) is 17.4 Å². The smallest absolute Gasteiger partial charge is 0.335 e. The predicted molar refractivity (Wildman–Crippen MR) is 162 cm³/mol. The molecular weight excluding hydrogens is 529 g/mol. The van der Waals surface area contributed by atoms with Crippen molar-refractivity contribution in [2.75, 3.05) is 43.5 Å². The van der Waals surface area contributed by atoms with Gasteiger partial charge in [0.25, 0.3) is 0 Å². The molecule has 1 aliphatic carbocycles. The second-order valence-corrected chi connectivity index (χ2v) is 12.5. The van der Waals surface area contributed by atoms with Crippen LogP contribution in [0, 0.1) is 5.92 Å². The number of hydrogen-bond donors (Lipinski definition) is 1. The minimum absolute atomic E-state index is 0.354. The SMILES string of the molecule is O=C(O)c1ccc2c(C3CCCCC3)c3n(c2c1)CCN(CCN1CCCC(CCCl)C1)c1cc(Cl)ccc1-3. The molecule has 5 nitrogen and oxygen atoms in total. The minimum Gasteiger partial charge on any atom is -0.478 e. The summed E-state index contributed by atoms with van der Waals surface area (Å²) in [6, 6.07) is 12.1. The van der Waals surface area contributed by atoms with Gasteiger partial charge in [0.05, 0.1) is 11.3 Å². The number of piperidine rings is 1. The van der Waals surface area contributed by atoms with E-state index < -0.39 is 5.97 Å². The molecule has 1 aromatic heterocycles. The number of alkyl halides is 1. The third kappa shape index (κ3) is 5.42. The molecule has 0 amide bonds. The van der Waals surface area contributed by atoms with Crippen molar-refractivity contribution in [3.05, 3.63) is 52.5 Å². The van der Waals surface area contributed by atoms with Crippen molar-refractivity contribution < 1.29 is 9.90 Å². The molecule has 1 saturated carbocycles. The van der Waals surface area contributed by atoms with Crippen LogP contribution in [0.1, 0.15) is 73.2 Å². The summed E-state index contributed by atoms with van der Waals surface area (Å²) in [6.07, 6.45) is 9.83. The van der Waals surface area contributed by atoms with Crippen LogP contribution in [-0.4, -0.2) is 59.1 Å². The van der Waals surface area contributed by atoms with Gasteiger partial charge in [-0.1, -0.05) is 36.9 Å². The number of carbonyl (C=O) groups is 1. The highest BCUT2D eigenvalue weighted by molar-refractivity contribution is 6.31. The van der Waals surface area contributed by atoms with E-state index in [9.17, 15) is 9.90 Å². The van der Waals surface area contributed by atoms with Gasteiger partial charge >= 0.3 is 5.97 Å². The summed E-state index contributed by atoms with van der Waals surface area (Å²) in [5, 5.41) is 11.8. The topological polar surface area (TPSA) is 48.7 Å². The molecule has 7 heteroatoms. The third-order valence-corrected chi connectivity index (χ3v) is 9.77. The quantitative estimate of drug-likeness (QED) is 0.295. The van der Waals surface area contributed by atoms with Crippen LogP contribution < -0.4 is 4.90 Å². The highest BCUT2D eigenvalue weighted by Crippen LogP contribution is 2.48. The number of benzene rings is 2. The van der Waals surface area contributed by atoms with Crippen LogP contribution in [0.25, 0.3) is 22.2 Å². The molecule has 0 bridgehead atoms. The van der Waals surface area contributed by atoms with Gasteiger partial charge < -0.3 is 19.5 Å². The number of halogens is 2. The lowest BCUT2D eigenvalue weighted by molar-refractivity contribution is 0.0697. The number of hydrogen-bond acceptors (Lipinski definition) is 3. The van der Waals surface area contributed by atoms with Gasteiger partial charge in [-0.3, -0.25) is 0 Å². The Labute approximate surface area is 241 Å². The van der Waals surface area contributed by atoms with Crippen LogP contribution in [0.4, 0.5) is 5.69 Å². The molecule has 1 unspecified atom stereocenters. The van der Waals surface area contributed by atoms with Gasteiger partial charge in [0, 0.05) is 65.8 Å². The van der Waals surface area contributed by atoms with Gasteiger partial charge in [-0.25, -0.2) is 4.79 Å². The largest absolute Gasteiger partial charge is 0.478 e. The van der Waals surface area contributed by atoms with Gasteiger partial charge in [0.15, 0.2) is 0 Å². The van der Waals surface area contributed by atoms with Crippen molar-refractivity contribution in [1.82, 2.24) is 9.47 Å². The first-order chi connectivity index (χ1) is 19.0. The molecule has 3 heterocycles. The zero-order chi connectivity index (χ0) is 26.9. The van der Waals surface area contributed by atoms with E-state index in [-0.39, 0.29) is 0 Å². The van der Waals surface area contributed by atoms with Crippen molar-refractivity contribution in [3.8, 4) is 11.3 Å². The number of nitrogens with zero attached hydrogens (tertiary/aromatic N) is 3. The van der Waals surface area contributed by atoms with Crippen molar-refractivity contribution >= 4 is 45.8 Å². The first-order valence-corrected chi connectivity index (χ1v) is 15.7. The standard InChI is InChI=1S/C32H39Cl2N3O2/c33-13-12-22-5-4-14-35(21-22)15-16-36-17-18-37-29-19-24(32(38)39)8-10-26(29)30(23-6-2-1-3-7-23)31(37)27-11-9-25(34)20-28(27)36/h8-11,19-20,22-23H,1-7,12-18,21H2,(H,38,39). The van der Waals surface area contributed by atoms with E-state index >= 15 is 0 Å². The Balaban J connectivity index is 1.40. The number of fused-ring (bicyclic) bond motifs is 5. The number of anilines is 1. The van der Waals surface area contributed by atoms with Crippen molar-refractivity contribution in [1.29, 1.82) is 0 Å². The maximum atomic E-state index is 11.9. The van der Waals surface area contributed by atoms with Crippen molar-refractivity contribution in [3.63, 3.8) is 0 Å². The summed E-state index contributed by atoms with van der Waals surface area (Å²) in [7, 11) is 0. The summed E-state index contributed by atoms with van der Waals surface area (Å²) in [5.74, 6) is 1.07. The number of aromatic nitrogens is 1. The molecule has 2 aromatic carbocycles. The summed E-state index contributed by atoms with van der Waals surface area (Å²) >= 11 is 12.7. The van der Waals surface area contributed by atoms with E-state index in [0.717, 1.165) is 62.1 Å². The Morgan fingerprint density at radius 3 is 2.59 bits per heavy atom. The van der Waals surface area contributed by atoms with Crippen LogP contribution in [0.3, 0.4) is 0 Å². The third-order valence-electron chi connectivity index (χ3n) is 9.32. The molecule has 0 spiro atoms. The zero-order valence-electron chi connectivity index (χ0n) is 22.7. The van der Waals surface area contributed by atoms with E-state index in [1.807, 2.05) is 12.1 Å². The van der Waals surface area contributed by atoms with Gasteiger partial charge in [-0.15, -0.1) is 11.6 Å². The van der Waals surface area contributed by atoms with Gasteiger partial charge in [0.1, 0.15) is 0 Å². The van der Waals surface area contributed by atoms with Crippen molar-refractivity contribution in [2.24, 2.45) is 5.92 Å². The van der Waals surface area contributed by atoms with E-state index in [4.69, 9.17) is 23.2 Å².